The van der Waals surface area contributed by atoms with E-state index in [9.17, 15) is 4.79 Å². The second-order valence-electron chi connectivity index (χ2n) is 7.27. The molecule has 5 heteroatoms. The molecule has 25 heavy (non-hydrogen) atoms. The summed E-state index contributed by atoms with van der Waals surface area (Å²) in [6.45, 7) is 2.63. The summed E-state index contributed by atoms with van der Waals surface area (Å²) >= 11 is 0. The Balaban J connectivity index is 1.59. The Morgan fingerprint density at radius 2 is 2.00 bits per heavy atom. The number of hydrogen-bond acceptors (Lipinski definition) is 3. The zero-order chi connectivity index (χ0) is 17.7. The maximum absolute atomic E-state index is 12.5. The van der Waals surface area contributed by atoms with Gasteiger partial charge in [-0.1, -0.05) is 31.4 Å². The molecule has 1 aromatic carbocycles. The first-order valence-electron chi connectivity index (χ1n) is 9.21. The van der Waals surface area contributed by atoms with E-state index in [4.69, 9.17) is 5.73 Å². The lowest BCUT2D eigenvalue weighted by Gasteiger charge is -2.36. The van der Waals surface area contributed by atoms with Crippen molar-refractivity contribution in [3.05, 3.63) is 48.3 Å². The van der Waals surface area contributed by atoms with Gasteiger partial charge in [0.15, 0.2) is 0 Å². The minimum atomic E-state index is -0.0161. The molecule has 0 aliphatic heterocycles. The predicted octanol–water partition coefficient (Wildman–Crippen LogP) is 3.35. The number of hydrogen-bond donors (Lipinski definition) is 2. The summed E-state index contributed by atoms with van der Waals surface area (Å²) in [4.78, 5) is 12.5. The van der Waals surface area contributed by atoms with Gasteiger partial charge < -0.3 is 11.1 Å². The van der Waals surface area contributed by atoms with Crippen LogP contribution in [0.15, 0.2) is 42.7 Å². The van der Waals surface area contributed by atoms with Gasteiger partial charge in [-0.25, -0.2) is 4.68 Å². The van der Waals surface area contributed by atoms with Crippen molar-refractivity contribution in [1.82, 2.24) is 15.1 Å². The van der Waals surface area contributed by atoms with E-state index in [1.165, 1.54) is 19.3 Å². The fourth-order valence-corrected chi connectivity index (χ4v) is 3.81. The standard InChI is InChI=1S/C20H28N4O/c1-16(17-6-8-18(9-7-17)24-13-5-12-22-24)23-19(25)14-20(15-21)10-3-2-4-11-20/h5-9,12-13,16H,2-4,10-11,14-15,21H2,1H3,(H,23,25). The highest BCUT2D eigenvalue weighted by atomic mass is 16.1. The fraction of sp³-hybridized carbons (Fsp3) is 0.500. The number of nitrogens with two attached hydrogens (primary N) is 1. The molecular weight excluding hydrogens is 312 g/mol. The van der Waals surface area contributed by atoms with Crippen LogP contribution in [-0.2, 0) is 4.79 Å². The van der Waals surface area contributed by atoms with E-state index in [1.807, 2.05) is 48.1 Å². The number of carbonyl (C=O) groups excluding carboxylic acids is 1. The number of aromatic nitrogens is 2. The van der Waals surface area contributed by atoms with Crippen LogP contribution >= 0.6 is 0 Å². The molecule has 3 rings (SSSR count). The molecular formula is C20H28N4O. The van der Waals surface area contributed by atoms with Crippen molar-refractivity contribution in [2.75, 3.05) is 6.54 Å². The quantitative estimate of drug-likeness (QED) is 0.847. The van der Waals surface area contributed by atoms with Gasteiger partial charge in [0.2, 0.25) is 5.91 Å². The third kappa shape index (κ3) is 4.28. The lowest BCUT2D eigenvalue weighted by molar-refractivity contribution is -0.124. The van der Waals surface area contributed by atoms with Crippen LogP contribution in [0.25, 0.3) is 5.69 Å². The molecule has 0 radical (unpaired) electrons. The third-order valence-electron chi connectivity index (χ3n) is 5.42. The second kappa shape index (κ2) is 7.83. The molecule has 1 aliphatic carbocycles. The average Bonchev–Trinajstić information content (AvgIpc) is 3.17. The maximum Gasteiger partial charge on any atom is 0.221 e. The summed E-state index contributed by atoms with van der Waals surface area (Å²) in [5, 5.41) is 7.37. The SMILES string of the molecule is CC(NC(=O)CC1(CN)CCCCC1)c1ccc(-n2cccn2)cc1. The summed E-state index contributed by atoms with van der Waals surface area (Å²) in [5.41, 5.74) is 8.11. The molecule has 0 saturated heterocycles. The topological polar surface area (TPSA) is 72.9 Å². The molecule has 3 N–H and O–H groups in total. The number of nitrogens with zero attached hydrogens (tertiary/aromatic N) is 2. The van der Waals surface area contributed by atoms with E-state index >= 15 is 0 Å². The summed E-state index contributed by atoms with van der Waals surface area (Å²) < 4.78 is 1.82. The van der Waals surface area contributed by atoms with Crippen molar-refractivity contribution in [3.8, 4) is 5.69 Å². The Hall–Kier alpha value is -2.14. The molecule has 1 atom stereocenters. The summed E-state index contributed by atoms with van der Waals surface area (Å²) in [6.07, 6.45) is 10.0. The number of rotatable bonds is 6. The zero-order valence-electron chi connectivity index (χ0n) is 14.9. The van der Waals surface area contributed by atoms with E-state index in [-0.39, 0.29) is 17.4 Å². The number of benzene rings is 1. The van der Waals surface area contributed by atoms with Gasteiger partial charge in [-0.05, 0) is 55.5 Å². The minimum Gasteiger partial charge on any atom is -0.350 e. The summed E-state index contributed by atoms with van der Waals surface area (Å²) in [5.74, 6) is 0.107. The van der Waals surface area contributed by atoms with E-state index in [1.54, 1.807) is 6.20 Å². The highest BCUT2D eigenvalue weighted by Gasteiger charge is 2.33. The first kappa shape index (κ1) is 17.7. The lowest BCUT2D eigenvalue weighted by atomic mass is 9.71. The fourth-order valence-electron chi connectivity index (χ4n) is 3.81. The molecule has 1 aromatic heterocycles. The first-order chi connectivity index (χ1) is 12.1. The van der Waals surface area contributed by atoms with Crippen molar-refractivity contribution < 1.29 is 4.79 Å². The number of nitrogens with one attached hydrogen (secondary N) is 1. The van der Waals surface area contributed by atoms with Crippen LogP contribution in [0.3, 0.4) is 0 Å². The summed E-state index contributed by atoms with van der Waals surface area (Å²) in [6, 6.07) is 10.0. The molecule has 1 aliphatic rings. The van der Waals surface area contributed by atoms with Gasteiger partial charge in [0, 0.05) is 18.8 Å². The van der Waals surface area contributed by atoms with Crippen molar-refractivity contribution >= 4 is 5.91 Å². The van der Waals surface area contributed by atoms with Crippen LogP contribution in [0.1, 0.15) is 57.1 Å². The Bertz CT molecular complexity index is 672. The van der Waals surface area contributed by atoms with Gasteiger partial charge >= 0.3 is 0 Å². The second-order valence-corrected chi connectivity index (χ2v) is 7.27. The molecule has 1 amide bonds. The van der Waals surface area contributed by atoms with Crippen LogP contribution in [0, 0.1) is 5.41 Å². The van der Waals surface area contributed by atoms with Crippen LogP contribution in [0.4, 0.5) is 0 Å². The minimum absolute atomic E-state index is 0.00596. The van der Waals surface area contributed by atoms with E-state index in [0.29, 0.717) is 13.0 Å². The molecule has 5 nitrogen and oxygen atoms in total. The predicted molar refractivity (Wildman–Crippen MR) is 99.3 cm³/mol. The number of carbonyl (C=O) groups is 1. The van der Waals surface area contributed by atoms with Gasteiger partial charge in [0.25, 0.3) is 0 Å². The first-order valence-corrected chi connectivity index (χ1v) is 9.21. The van der Waals surface area contributed by atoms with Crippen LogP contribution in [0.2, 0.25) is 0 Å². The van der Waals surface area contributed by atoms with Crippen molar-refractivity contribution in [2.45, 2.75) is 51.5 Å². The van der Waals surface area contributed by atoms with Crippen molar-refractivity contribution in [1.29, 1.82) is 0 Å². The van der Waals surface area contributed by atoms with Crippen LogP contribution < -0.4 is 11.1 Å². The van der Waals surface area contributed by atoms with Gasteiger partial charge in [0.05, 0.1) is 11.7 Å². The Labute approximate surface area is 149 Å². The van der Waals surface area contributed by atoms with Crippen molar-refractivity contribution in [3.63, 3.8) is 0 Å². The maximum atomic E-state index is 12.5. The largest absolute Gasteiger partial charge is 0.350 e. The van der Waals surface area contributed by atoms with Gasteiger partial charge in [-0.2, -0.15) is 5.10 Å². The number of amides is 1. The van der Waals surface area contributed by atoms with Crippen LogP contribution in [0.5, 0.6) is 0 Å². The molecule has 0 spiro atoms. The van der Waals surface area contributed by atoms with Gasteiger partial charge in [-0.3, -0.25) is 4.79 Å². The smallest absolute Gasteiger partial charge is 0.221 e. The molecule has 1 unspecified atom stereocenters. The summed E-state index contributed by atoms with van der Waals surface area (Å²) in [7, 11) is 0. The molecule has 1 heterocycles. The van der Waals surface area contributed by atoms with E-state index in [2.05, 4.69) is 10.4 Å². The highest BCUT2D eigenvalue weighted by molar-refractivity contribution is 5.77. The lowest BCUT2D eigenvalue weighted by Crippen LogP contribution is -2.39. The monoisotopic (exact) mass is 340 g/mol. The highest BCUT2D eigenvalue weighted by Crippen LogP contribution is 2.38. The van der Waals surface area contributed by atoms with Crippen molar-refractivity contribution in [2.24, 2.45) is 11.1 Å². The van der Waals surface area contributed by atoms with E-state index < -0.39 is 0 Å². The molecule has 0 bridgehead atoms. The van der Waals surface area contributed by atoms with Gasteiger partial charge in [-0.15, -0.1) is 0 Å². The Kier molecular flexibility index (Phi) is 5.53. The zero-order valence-corrected chi connectivity index (χ0v) is 14.9. The normalized spacial score (nSPS) is 17.8. The molecule has 1 saturated carbocycles. The molecule has 1 fully saturated rings. The van der Waals surface area contributed by atoms with E-state index in [0.717, 1.165) is 24.1 Å². The molecule has 134 valence electrons. The van der Waals surface area contributed by atoms with Crippen LogP contribution in [-0.4, -0.2) is 22.2 Å². The third-order valence-corrected chi connectivity index (χ3v) is 5.42. The van der Waals surface area contributed by atoms with Gasteiger partial charge in [0.1, 0.15) is 0 Å². The Morgan fingerprint density at radius 3 is 2.60 bits per heavy atom. The Morgan fingerprint density at radius 1 is 1.28 bits per heavy atom. The molecule has 2 aromatic rings. The average molecular weight is 340 g/mol.